The second-order valence-corrected chi connectivity index (χ2v) is 8.33. The first-order valence-electron chi connectivity index (χ1n) is 9.15. The molecule has 0 aliphatic heterocycles. The van der Waals surface area contributed by atoms with Gasteiger partial charge in [-0.3, -0.25) is 0 Å². The fourth-order valence-corrected chi connectivity index (χ4v) is 3.86. The molecule has 0 unspecified atom stereocenters. The van der Waals surface area contributed by atoms with E-state index in [1.165, 1.54) is 6.07 Å². The van der Waals surface area contributed by atoms with Gasteiger partial charge in [-0.05, 0) is 54.2 Å². The molecule has 156 valence electrons. The largest absolute Gasteiger partial charge is 0.493 e. The fraction of sp³-hybridized carbons (Fsp3) is 0.0455. The number of nitrogens with one attached hydrogen (secondary N) is 1. The third kappa shape index (κ3) is 4.61. The van der Waals surface area contributed by atoms with Crippen LogP contribution in [0.2, 0.25) is 5.02 Å². The normalized spacial score (nSPS) is 11.3. The van der Waals surface area contributed by atoms with Crippen molar-refractivity contribution in [2.24, 2.45) is 10.2 Å². The fourth-order valence-electron chi connectivity index (χ4n) is 3.15. The van der Waals surface area contributed by atoms with Gasteiger partial charge in [0.25, 0.3) is 0 Å². The van der Waals surface area contributed by atoms with Gasteiger partial charge >= 0.3 is 0 Å². The van der Waals surface area contributed by atoms with Crippen molar-refractivity contribution in [1.82, 2.24) is 4.57 Å². The van der Waals surface area contributed by atoms with E-state index in [1.807, 2.05) is 36.4 Å². The number of aromatic nitrogens is 1. The molecule has 31 heavy (non-hydrogen) atoms. The topological polar surface area (TPSA) is 61.9 Å². The van der Waals surface area contributed by atoms with Crippen molar-refractivity contribution in [3.8, 4) is 5.88 Å². The highest BCUT2D eigenvalue weighted by molar-refractivity contribution is 9.10. The summed E-state index contributed by atoms with van der Waals surface area (Å²) in [4.78, 5) is 0. The maximum absolute atomic E-state index is 13.8. The maximum Gasteiger partial charge on any atom is 0.221 e. The molecule has 0 saturated heterocycles. The van der Waals surface area contributed by atoms with Crippen LogP contribution in [-0.2, 0) is 6.54 Å². The summed E-state index contributed by atoms with van der Waals surface area (Å²) in [7, 11) is 0. The van der Waals surface area contributed by atoms with E-state index in [2.05, 4.69) is 31.5 Å². The third-order valence-electron chi connectivity index (χ3n) is 4.61. The molecule has 9 heteroatoms. The number of halogens is 3. The highest BCUT2D eigenvalue weighted by Crippen LogP contribution is 2.41. The lowest BCUT2D eigenvalue weighted by Gasteiger charge is -2.08. The van der Waals surface area contributed by atoms with Crippen molar-refractivity contribution in [3.05, 3.63) is 87.6 Å². The van der Waals surface area contributed by atoms with Crippen molar-refractivity contribution in [2.45, 2.75) is 6.54 Å². The molecule has 0 fully saturated rings. The van der Waals surface area contributed by atoms with Gasteiger partial charge in [0.15, 0.2) is 5.69 Å². The van der Waals surface area contributed by atoms with Crippen LogP contribution in [0.3, 0.4) is 0 Å². The zero-order chi connectivity index (χ0) is 22.0. The molecule has 4 rings (SSSR count). The van der Waals surface area contributed by atoms with Gasteiger partial charge in [-0.25, -0.2) is 4.39 Å². The number of thiocarbonyl (C=S) groups is 1. The molecule has 0 radical (unpaired) electrons. The van der Waals surface area contributed by atoms with E-state index in [0.717, 1.165) is 15.6 Å². The predicted octanol–water partition coefficient (Wildman–Crippen LogP) is 7.43. The molecule has 4 aromatic rings. The minimum atomic E-state index is -0.455. The summed E-state index contributed by atoms with van der Waals surface area (Å²) in [6, 6.07) is 19.1. The Balaban J connectivity index is 1.70. The van der Waals surface area contributed by atoms with Gasteiger partial charge in [0, 0.05) is 14.9 Å². The first-order valence-corrected chi connectivity index (χ1v) is 10.7. The molecule has 0 atom stereocenters. The quantitative estimate of drug-likeness (QED) is 0.218. The van der Waals surface area contributed by atoms with E-state index in [4.69, 9.17) is 23.8 Å². The number of anilines is 1. The number of rotatable bonds is 4. The molecule has 3 aromatic carbocycles. The molecule has 5 nitrogen and oxygen atoms in total. The van der Waals surface area contributed by atoms with Crippen LogP contribution in [0.15, 0.2) is 81.4 Å². The number of para-hydroxylation sites is 1. The second-order valence-electron chi connectivity index (χ2n) is 6.62. The number of hydrogen-bond acceptors (Lipinski definition) is 3. The van der Waals surface area contributed by atoms with Crippen LogP contribution in [0.4, 0.5) is 15.8 Å². The monoisotopic (exact) mass is 516 g/mol. The van der Waals surface area contributed by atoms with Crippen molar-refractivity contribution in [3.63, 3.8) is 0 Å². The highest BCUT2D eigenvalue weighted by Gasteiger charge is 2.18. The van der Waals surface area contributed by atoms with Crippen molar-refractivity contribution >= 4 is 67.1 Å². The number of hydrogen-bond donors (Lipinski definition) is 2. The Hall–Kier alpha value is -2.81. The number of azo groups is 1. The molecule has 1 heterocycles. The summed E-state index contributed by atoms with van der Waals surface area (Å²) >= 11 is 14.9. The summed E-state index contributed by atoms with van der Waals surface area (Å²) in [5, 5.41) is 23.0. The van der Waals surface area contributed by atoms with Gasteiger partial charge in [0.2, 0.25) is 11.0 Å². The van der Waals surface area contributed by atoms with E-state index < -0.39 is 5.82 Å². The lowest BCUT2D eigenvalue weighted by atomic mass is 10.2. The number of fused-ring (bicyclic) bond motifs is 1. The molecular formula is C22H15BrClFN4OS. The number of aromatic hydroxyl groups is 1. The summed E-state index contributed by atoms with van der Waals surface area (Å²) in [6.45, 7) is 0.344. The highest BCUT2D eigenvalue weighted by atomic mass is 79.9. The summed E-state index contributed by atoms with van der Waals surface area (Å²) in [5.74, 6) is -0.534. The van der Waals surface area contributed by atoms with Crippen LogP contribution in [0, 0.1) is 5.82 Å². The summed E-state index contributed by atoms with van der Waals surface area (Å²) in [5.41, 5.74) is 2.04. The van der Waals surface area contributed by atoms with E-state index in [9.17, 15) is 9.50 Å². The average molecular weight is 518 g/mol. The minimum Gasteiger partial charge on any atom is -0.493 e. The third-order valence-corrected chi connectivity index (χ3v) is 5.66. The first-order chi connectivity index (χ1) is 14.9. The van der Waals surface area contributed by atoms with E-state index in [1.54, 1.807) is 28.8 Å². The van der Waals surface area contributed by atoms with Crippen LogP contribution >= 0.6 is 39.7 Å². The molecule has 0 aliphatic rings. The minimum absolute atomic E-state index is 0.0356. The van der Waals surface area contributed by atoms with Crippen LogP contribution < -0.4 is 5.32 Å². The van der Waals surface area contributed by atoms with Gasteiger partial charge in [0.1, 0.15) is 5.82 Å². The Morgan fingerprint density at radius 2 is 1.87 bits per heavy atom. The summed E-state index contributed by atoms with van der Waals surface area (Å²) < 4.78 is 16.3. The SMILES string of the molecule is Oc1c(N=NC(=S)Nc2ccccc2F)c2cc(Br)ccc2n1Cc1ccccc1Cl. The molecule has 1 aromatic heterocycles. The molecule has 0 spiro atoms. The molecule has 0 amide bonds. The van der Waals surface area contributed by atoms with Crippen LogP contribution in [0.25, 0.3) is 10.9 Å². The first kappa shape index (κ1) is 21.4. The smallest absolute Gasteiger partial charge is 0.221 e. The standard InChI is InChI=1S/C22H15BrClFN4OS/c23-14-9-10-19-15(11-14)20(21(30)29(19)12-13-5-1-2-6-16(13)24)27-28-22(31)26-18-8-4-3-7-17(18)25/h1-11,30H,12H2,(H,26,31). The van der Waals surface area contributed by atoms with Gasteiger partial charge in [-0.2, -0.15) is 0 Å². The van der Waals surface area contributed by atoms with E-state index >= 15 is 0 Å². The van der Waals surface area contributed by atoms with E-state index in [-0.39, 0.29) is 22.4 Å². The predicted molar refractivity (Wildman–Crippen MR) is 129 cm³/mol. The molecular weight excluding hydrogens is 503 g/mol. The average Bonchev–Trinajstić information content (AvgIpc) is 3.00. The number of benzene rings is 3. The summed E-state index contributed by atoms with van der Waals surface area (Å²) in [6.07, 6.45) is 0. The lowest BCUT2D eigenvalue weighted by Crippen LogP contribution is -2.06. The Morgan fingerprint density at radius 3 is 2.65 bits per heavy atom. The van der Waals surface area contributed by atoms with Gasteiger partial charge < -0.3 is 15.0 Å². The van der Waals surface area contributed by atoms with Crippen LogP contribution in [0.1, 0.15) is 5.56 Å². The Kier molecular flexibility index (Phi) is 6.31. The van der Waals surface area contributed by atoms with Crippen molar-refractivity contribution in [2.75, 3.05) is 5.32 Å². The van der Waals surface area contributed by atoms with Crippen LogP contribution in [0.5, 0.6) is 5.88 Å². The molecule has 2 N–H and O–H groups in total. The molecule has 0 bridgehead atoms. The Morgan fingerprint density at radius 1 is 1.13 bits per heavy atom. The molecule has 0 saturated carbocycles. The zero-order valence-electron chi connectivity index (χ0n) is 15.9. The van der Waals surface area contributed by atoms with Crippen molar-refractivity contribution < 1.29 is 9.50 Å². The van der Waals surface area contributed by atoms with Gasteiger partial charge in [-0.15, -0.1) is 10.2 Å². The lowest BCUT2D eigenvalue weighted by molar-refractivity contribution is 0.429. The number of nitrogens with zero attached hydrogens (tertiary/aromatic N) is 3. The second kappa shape index (κ2) is 9.13. The zero-order valence-corrected chi connectivity index (χ0v) is 19.0. The van der Waals surface area contributed by atoms with Crippen molar-refractivity contribution in [1.29, 1.82) is 0 Å². The molecule has 0 aliphatic carbocycles. The maximum atomic E-state index is 13.8. The van der Waals surface area contributed by atoms with Crippen LogP contribution in [-0.4, -0.2) is 14.8 Å². The van der Waals surface area contributed by atoms with Gasteiger partial charge in [-0.1, -0.05) is 57.9 Å². The van der Waals surface area contributed by atoms with E-state index in [0.29, 0.717) is 17.0 Å². The Bertz CT molecular complexity index is 1320. The Labute approximate surface area is 196 Å². The van der Waals surface area contributed by atoms with Gasteiger partial charge in [0.05, 0.1) is 17.7 Å².